The number of hydrogen-bond donors (Lipinski definition) is 1. The van der Waals surface area contributed by atoms with E-state index < -0.39 is 5.91 Å². The van der Waals surface area contributed by atoms with Crippen molar-refractivity contribution in [1.82, 2.24) is 25.4 Å². The van der Waals surface area contributed by atoms with Crippen molar-refractivity contribution >= 4 is 28.2 Å². The lowest BCUT2D eigenvalue weighted by molar-refractivity contribution is 0.0913. The van der Waals surface area contributed by atoms with Gasteiger partial charge in [0.25, 0.3) is 5.91 Å². The molecule has 0 aliphatic heterocycles. The van der Waals surface area contributed by atoms with Crippen molar-refractivity contribution in [2.75, 3.05) is 0 Å². The van der Waals surface area contributed by atoms with E-state index in [1.807, 2.05) is 0 Å². The van der Waals surface area contributed by atoms with E-state index >= 15 is 0 Å². The summed E-state index contributed by atoms with van der Waals surface area (Å²) in [6.07, 6.45) is 3.21. The first-order chi connectivity index (χ1) is 10.8. The van der Waals surface area contributed by atoms with Crippen LogP contribution < -0.4 is 5.32 Å². The van der Waals surface area contributed by atoms with Crippen LogP contribution in [0.3, 0.4) is 0 Å². The van der Waals surface area contributed by atoms with E-state index in [-0.39, 0.29) is 12.3 Å². The molecule has 0 aliphatic rings. The number of fused-ring (bicyclic) bond motifs is 2. The lowest BCUT2D eigenvalue weighted by atomic mass is 10.2. The van der Waals surface area contributed by atoms with Crippen molar-refractivity contribution in [3.05, 3.63) is 48.3 Å². The van der Waals surface area contributed by atoms with Crippen molar-refractivity contribution in [3.63, 3.8) is 0 Å². The molecule has 4 heterocycles. The first-order valence-electron chi connectivity index (χ1n) is 6.50. The third-order valence-electron chi connectivity index (χ3n) is 3.07. The molecule has 0 atom stereocenters. The third kappa shape index (κ3) is 2.06. The molecule has 0 bridgehead atoms. The maximum Gasteiger partial charge on any atom is 0.291 e. The highest BCUT2D eigenvalue weighted by molar-refractivity contribution is 6.02. The Morgan fingerprint density at radius 1 is 1.14 bits per heavy atom. The number of amides is 1. The fourth-order valence-corrected chi connectivity index (χ4v) is 2.07. The number of oxazole rings is 1. The van der Waals surface area contributed by atoms with E-state index in [9.17, 15) is 4.79 Å². The molecule has 108 valence electrons. The fraction of sp³-hybridized carbons (Fsp3) is 0.0714. The van der Waals surface area contributed by atoms with E-state index in [0.717, 1.165) is 0 Å². The average molecular weight is 295 g/mol. The van der Waals surface area contributed by atoms with Gasteiger partial charge in [-0.2, -0.15) is 4.98 Å². The van der Waals surface area contributed by atoms with Gasteiger partial charge in [0.2, 0.25) is 17.3 Å². The molecule has 0 aromatic carbocycles. The van der Waals surface area contributed by atoms with Crippen molar-refractivity contribution in [1.29, 1.82) is 0 Å². The zero-order valence-corrected chi connectivity index (χ0v) is 11.2. The Morgan fingerprint density at radius 2 is 1.95 bits per heavy atom. The Morgan fingerprint density at radius 3 is 2.82 bits per heavy atom. The minimum Gasteiger partial charge on any atom is -0.437 e. The van der Waals surface area contributed by atoms with Crippen LogP contribution in [0.2, 0.25) is 0 Å². The second kappa shape index (κ2) is 4.92. The number of carbonyl (C=O) groups excluding carboxylic acids is 1. The van der Waals surface area contributed by atoms with E-state index in [1.54, 1.807) is 36.7 Å². The number of aromatic nitrogens is 4. The van der Waals surface area contributed by atoms with Gasteiger partial charge >= 0.3 is 0 Å². The molecule has 1 N–H and O–H groups in total. The normalized spacial score (nSPS) is 11.1. The van der Waals surface area contributed by atoms with E-state index in [1.165, 1.54) is 0 Å². The van der Waals surface area contributed by atoms with E-state index in [4.69, 9.17) is 8.94 Å². The fourth-order valence-electron chi connectivity index (χ4n) is 2.07. The van der Waals surface area contributed by atoms with Crippen LogP contribution in [0, 0.1) is 0 Å². The molecule has 0 saturated heterocycles. The van der Waals surface area contributed by atoms with Gasteiger partial charge in [0.1, 0.15) is 0 Å². The predicted molar refractivity (Wildman–Crippen MR) is 74.8 cm³/mol. The molecule has 0 aliphatic carbocycles. The van der Waals surface area contributed by atoms with Gasteiger partial charge in [0, 0.05) is 12.4 Å². The van der Waals surface area contributed by atoms with Gasteiger partial charge in [-0.15, -0.1) is 0 Å². The number of pyridine rings is 2. The lowest BCUT2D eigenvalue weighted by Gasteiger charge is -1.98. The molecule has 0 spiro atoms. The molecule has 22 heavy (non-hydrogen) atoms. The van der Waals surface area contributed by atoms with Crippen LogP contribution in [0.15, 0.2) is 45.6 Å². The molecule has 0 saturated carbocycles. The van der Waals surface area contributed by atoms with Gasteiger partial charge < -0.3 is 14.3 Å². The molecule has 4 rings (SSSR count). The average Bonchev–Trinajstić information content (AvgIpc) is 3.16. The highest BCUT2D eigenvalue weighted by atomic mass is 16.5. The van der Waals surface area contributed by atoms with Gasteiger partial charge in [0.15, 0.2) is 11.2 Å². The first-order valence-corrected chi connectivity index (χ1v) is 6.50. The van der Waals surface area contributed by atoms with E-state index in [2.05, 4.69) is 25.4 Å². The summed E-state index contributed by atoms with van der Waals surface area (Å²) >= 11 is 0. The van der Waals surface area contributed by atoms with Crippen molar-refractivity contribution in [2.24, 2.45) is 0 Å². The molecular weight excluding hydrogens is 286 g/mol. The molecular formula is C14H9N5O3. The van der Waals surface area contributed by atoms with Crippen LogP contribution >= 0.6 is 0 Å². The molecule has 0 unspecified atom stereocenters. The van der Waals surface area contributed by atoms with Crippen LogP contribution in [0.5, 0.6) is 0 Å². The Bertz CT molecular complexity index is 942. The highest BCUT2D eigenvalue weighted by Crippen LogP contribution is 2.16. The monoisotopic (exact) mass is 295 g/mol. The van der Waals surface area contributed by atoms with Crippen LogP contribution in [0.1, 0.15) is 16.4 Å². The van der Waals surface area contributed by atoms with Crippen LogP contribution in [-0.4, -0.2) is 26.0 Å². The number of nitrogens with one attached hydrogen (secondary N) is 1. The Hall–Kier alpha value is -3.29. The molecule has 8 nitrogen and oxygen atoms in total. The highest BCUT2D eigenvalue weighted by Gasteiger charge is 2.17. The Labute approximate surface area is 123 Å². The molecule has 1 amide bonds. The molecule has 0 fully saturated rings. The molecule has 4 aromatic rings. The summed E-state index contributed by atoms with van der Waals surface area (Å²) in [5.41, 5.74) is 1.46. The maximum atomic E-state index is 12.2. The number of rotatable bonds is 3. The summed E-state index contributed by atoms with van der Waals surface area (Å²) in [5.74, 6) is 0.0621. The van der Waals surface area contributed by atoms with Crippen LogP contribution in [-0.2, 0) is 6.54 Å². The molecule has 4 aromatic heterocycles. The smallest absolute Gasteiger partial charge is 0.291 e. The topological polar surface area (TPSA) is 107 Å². The van der Waals surface area contributed by atoms with Crippen LogP contribution in [0.25, 0.3) is 22.3 Å². The SMILES string of the molecule is O=C(NCc1nc2ncccc2o1)c1onc2ncccc12. The second-order valence-corrected chi connectivity index (χ2v) is 4.50. The summed E-state index contributed by atoms with van der Waals surface area (Å²) in [7, 11) is 0. The van der Waals surface area contributed by atoms with Gasteiger partial charge in [-0.1, -0.05) is 5.16 Å². The lowest BCUT2D eigenvalue weighted by Crippen LogP contribution is -2.22. The summed E-state index contributed by atoms with van der Waals surface area (Å²) in [5, 5.41) is 6.96. The van der Waals surface area contributed by atoms with Crippen LogP contribution in [0.4, 0.5) is 0 Å². The largest absolute Gasteiger partial charge is 0.437 e. The quantitative estimate of drug-likeness (QED) is 0.612. The van der Waals surface area contributed by atoms with Crippen molar-refractivity contribution < 1.29 is 13.7 Å². The second-order valence-electron chi connectivity index (χ2n) is 4.50. The zero-order valence-electron chi connectivity index (χ0n) is 11.2. The molecule has 0 radical (unpaired) electrons. The zero-order chi connectivity index (χ0) is 14.9. The van der Waals surface area contributed by atoms with Gasteiger partial charge in [-0.05, 0) is 24.3 Å². The Balaban J connectivity index is 1.54. The molecule has 8 heteroatoms. The minimum absolute atomic E-state index is 0.109. The summed E-state index contributed by atoms with van der Waals surface area (Å²) in [6, 6.07) is 6.94. The number of carbonyl (C=O) groups is 1. The van der Waals surface area contributed by atoms with Crippen molar-refractivity contribution in [2.45, 2.75) is 6.54 Å². The van der Waals surface area contributed by atoms with Crippen molar-refractivity contribution in [3.8, 4) is 0 Å². The summed E-state index contributed by atoms with van der Waals surface area (Å²) < 4.78 is 10.5. The van der Waals surface area contributed by atoms with Gasteiger partial charge in [0.05, 0.1) is 11.9 Å². The summed E-state index contributed by atoms with van der Waals surface area (Å²) in [4.78, 5) is 24.4. The predicted octanol–water partition coefficient (Wildman–Crippen LogP) is 1.69. The third-order valence-corrected chi connectivity index (χ3v) is 3.07. The van der Waals surface area contributed by atoms with E-state index in [0.29, 0.717) is 28.2 Å². The van der Waals surface area contributed by atoms with Gasteiger partial charge in [-0.3, -0.25) is 4.79 Å². The first kappa shape index (κ1) is 12.5. The number of hydrogen-bond acceptors (Lipinski definition) is 7. The number of nitrogens with zero attached hydrogens (tertiary/aromatic N) is 4. The standard InChI is InChI=1S/C14H9N5O3/c20-14(11-8-3-1-5-15-12(8)19-22-11)17-7-10-18-13-9(21-10)4-2-6-16-13/h1-6H,7H2,(H,17,20). The van der Waals surface area contributed by atoms with Gasteiger partial charge in [-0.25, -0.2) is 9.97 Å². The Kier molecular flexibility index (Phi) is 2.78. The minimum atomic E-state index is -0.411. The maximum absolute atomic E-state index is 12.2. The summed E-state index contributed by atoms with van der Waals surface area (Å²) in [6.45, 7) is 0.123.